The summed E-state index contributed by atoms with van der Waals surface area (Å²) in [7, 11) is -1.98. The normalized spacial score (nSPS) is 15.9. The molecular weight excluding hydrogens is 348 g/mol. The molecular formula is C20H22N2O3S. The number of hydrogen-bond donors (Lipinski definition) is 2. The van der Waals surface area contributed by atoms with Crippen LogP contribution in [0.2, 0.25) is 0 Å². The molecule has 136 valence electrons. The summed E-state index contributed by atoms with van der Waals surface area (Å²) in [5.41, 5.74) is 2.96. The number of nitrogens with one attached hydrogen (secondary N) is 2. The molecule has 26 heavy (non-hydrogen) atoms. The minimum atomic E-state index is -3.56. The zero-order valence-electron chi connectivity index (χ0n) is 14.9. The third kappa shape index (κ3) is 2.89. The Kier molecular flexibility index (Phi) is 4.04. The first-order valence-electron chi connectivity index (χ1n) is 8.66. The van der Waals surface area contributed by atoms with Gasteiger partial charge in [0, 0.05) is 29.1 Å². The number of rotatable bonds is 6. The lowest BCUT2D eigenvalue weighted by molar-refractivity contribution is 0.411. The van der Waals surface area contributed by atoms with Crippen molar-refractivity contribution >= 4 is 20.9 Å². The molecule has 1 aliphatic rings. The monoisotopic (exact) mass is 370 g/mol. The predicted octanol–water partition coefficient (Wildman–Crippen LogP) is 3.50. The lowest BCUT2D eigenvalue weighted by atomic mass is 9.96. The maximum atomic E-state index is 12.7. The van der Waals surface area contributed by atoms with Gasteiger partial charge in [-0.3, -0.25) is 0 Å². The highest BCUT2D eigenvalue weighted by Crippen LogP contribution is 2.50. The minimum absolute atomic E-state index is 0.117. The molecule has 0 amide bonds. The van der Waals surface area contributed by atoms with E-state index in [9.17, 15) is 8.42 Å². The van der Waals surface area contributed by atoms with Crippen LogP contribution in [0.5, 0.6) is 5.75 Å². The van der Waals surface area contributed by atoms with Gasteiger partial charge in [-0.15, -0.1) is 0 Å². The summed E-state index contributed by atoms with van der Waals surface area (Å²) < 4.78 is 33.5. The number of methoxy groups -OCH3 is 1. The summed E-state index contributed by atoms with van der Waals surface area (Å²) in [6, 6.07) is 13.1. The average Bonchev–Trinajstić information content (AvgIpc) is 3.30. The molecule has 5 nitrogen and oxygen atoms in total. The van der Waals surface area contributed by atoms with Gasteiger partial charge in [-0.05, 0) is 55.2 Å². The molecule has 0 bridgehead atoms. The second-order valence-electron chi connectivity index (χ2n) is 6.98. The van der Waals surface area contributed by atoms with Crippen LogP contribution in [0.25, 0.3) is 10.9 Å². The van der Waals surface area contributed by atoms with Gasteiger partial charge in [-0.1, -0.05) is 18.2 Å². The average molecular weight is 370 g/mol. The van der Waals surface area contributed by atoms with Gasteiger partial charge in [0.15, 0.2) is 0 Å². The minimum Gasteiger partial charge on any atom is -0.496 e. The maximum absolute atomic E-state index is 12.7. The number of aromatic amines is 1. The second kappa shape index (κ2) is 6.14. The first kappa shape index (κ1) is 17.1. The van der Waals surface area contributed by atoms with Crippen molar-refractivity contribution in [3.05, 3.63) is 59.8 Å². The molecule has 3 aromatic rings. The summed E-state index contributed by atoms with van der Waals surface area (Å²) in [4.78, 5) is 3.56. The number of aromatic nitrogens is 1. The summed E-state index contributed by atoms with van der Waals surface area (Å²) >= 11 is 0. The van der Waals surface area contributed by atoms with Crippen LogP contribution in [-0.4, -0.2) is 27.1 Å². The highest BCUT2D eigenvalue weighted by atomic mass is 32.2. The quantitative estimate of drug-likeness (QED) is 0.698. The Morgan fingerprint density at radius 2 is 1.96 bits per heavy atom. The van der Waals surface area contributed by atoms with Crippen LogP contribution in [0.15, 0.2) is 53.6 Å². The fourth-order valence-electron chi connectivity index (χ4n) is 3.54. The predicted molar refractivity (Wildman–Crippen MR) is 102 cm³/mol. The molecule has 0 radical (unpaired) electrons. The van der Waals surface area contributed by atoms with E-state index in [1.807, 2.05) is 31.3 Å². The van der Waals surface area contributed by atoms with Crippen molar-refractivity contribution in [1.82, 2.24) is 9.71 Å². The third-order valence-electron chi connectivity index (χ3n) is 5.29. The summed E-state index contributed by atoms with van der Waals surface area (Å²) in [5.74, 6) is 0.682. The van der Waals surface area contributed by atoms with E-state index < -0.39 is 10.0 Å². The number of fused-ring (bicyclic) bond motifs is 1. The third-order valence-corrected chi connectivity index (χ3v) is 6.69. The van der Waals surface area contributed by atoms with Crippen LogP contribution in [0.4, 0.5) is 0 Å². The van der Waals surface area contributed by atoms with Crippen molar-refractivity contribution < 1.29 is 13.2 Å². The van der Waals surface area contributed by atoms with E-state index >= 15 is 0 Å². The van der Waals surface area contributed by atoms with E-state index in [0.717, 1.165) is 23.9 Å². The number of ether oxygens (including phenoxy) is 1. The molecule has 0 unspecified atom stereocenters. The van der Waals surface area contributed by atoms with Gasteiger partial charge in [0.05, 0.1) is 12.0 Å². The second-order valence-corrected chi connectivity index (χ2v) is 8.75. The van der Waals surface area contributed by atoms with E-state index in [1.54, 1.807) is 25.3 Å². The molecule has 0 saturated heterocycles. The van der Waals surface area contributed by atoms with Crippen molar-refractivity contribution in [1.29, 1.82) is 0 Å². The first-order valence-corrected chi connectivity index (χ1v) is 10.1. The number of hydrogen-bond acceptors (Lipinski definition) is 3. The SMILES string of the molecule is COc1ccc(S(=O)(=O)NCC2(c3c[nH]c4ccccc34)CC2)cc1C. The van der Waals surface area contributed by atoms with Gasteiger partial charge in [-0.25, -0.2) is 13.1 Å². The number of H-pyrrole nitrogens is 1. The molecule has 1 heterocycles. The zero-order valence-corrected chi connectivity index (χ0v) is 15.7. The molecule has 1 fully saturated rings. The van der Waals surface area contributed by atoms with Crippen LogP contribution in [-0.2, 0) is 15.4 Å². The summed E-state index contributed by atoms with van der Waals surface area (Å²) in [5, 5.41) is 1.17. The van der Waals surface area contributed by atoms with Crippen LogP contribution in [0, 0.1) is 6.92 Å². The standard InChI is InChI=1S/C20H22N2O3S/c1-14-11-15(7-8-19(14)25-2)26(23,24)22-13-20(9-10-20)17-12-21-18-6-4-3-5-16(17)18/h3-8,11-12,21-22H,9-10,13H2,1-2H3. The molecule has 0 aliphatic heterocycles. The van der Waals surface area contributed by atoms with E-state index in [0.29, 0.717) is 12.3 Å². The van der Waals surface area contributed by atoms with Gasteiger partial charge in [0.1, 0.15) is 5.75 Å². The number of sulfonamides is 1. The zero-order chi connectivity index (χ0) is 18.4. The van der Waals surface area contributed by atoms with Crippen LogP contribution in [0.1, 0.15) is 24.0 Å². The van der Waals surface area contributed by atoms with Gasteiger partial charge in [0.25, 0.3) is 0 Å². The Balaban J connectivity index is 1.57. The largest absolute Gasteiger partial charge is 0.496 e. The van der Waals surface area contributed by atoms with E-state index in [-0.39, 0.29) is 10.3 Å². The van der Waals surface area contributed by atoms with Crippen molar-refractivity contribution in [2.75, 3.05) is 13.7 Å². The fourth-order valence-corrected chi connectivity index (χ4v) is 4.75. The molecule has 4 rings (SSSR count). The fraction of sp³-hybridized carbons (Fsp3) is 0.300. The van der Waals surface area contributed by atoms with Crippen molar-refractivity contribution in [3.8, 4) is 5.75 Å². The van der Waals surface area contributed by atoms with Crippen molar-refractivity contribution in [3.63, 3.8) is 0 Å². The number of aryl methyl sites for hydroxylation is 1. The molecule has 0 atom stereocenters. The number of para-hydroxylation sites is 1. The summed E-state index contributed by atoms with van der Waals surface area (Å²) in [6.45, 7) is 2.24. The van der Waals surface area contributed by atoms with Crippen LogP contribution >= 0.6 is 0 Å². The van der Waals surface area contributed by atoms with Crippen molar-refractivity contribution in [2.45, 2.75) is 30.1 Å². The molecule has 1 aliphatic carbocycles. The highest BCUT2D eigenvalue weighted by molar-refractivity contribution is 7.89. The van der Waals surface area contributed by atoms with Gasteiger partial charge in [0.2, 0.25) is 10.0 Å². The Bertz CT molecular complexity index is 1070. The Hall–Kier alpha value is -2.31. The highest BCUT2D eigenvalue weighted by Gasteiger charge is 2.46. The number of benzene rings is 2. The molecule has 2 N–H and O–H groups in total. The van der Waals surface area contributed by atoms with Crippen LogP contribution < -0.4 is 9.46 Å². The Morgan fingerprint density at radius 3 is 2.65 bits per heavy atom. The Labute approximate surface area is 153 Å². The molecule has 6 heteroatoms. The molecule has 1 saturated carbocycles. The Morgan fingerprint density at radius 1 is 1.19 bits per heavy atom. The topological polar surface area (TPSA) is 71.2 Å². The molecule has 2 aromatic carbocycles. The lowest BCUT2D eigenvalue weighted by Gasteiger charge is -2.16. The summed E-state index contributed by atoms with van der Waals surface area (Å²) in [6.07, 6.45) is 3.99. The van der Waals surface area contributed by atoms with Crippen LogP contribution in [0.3, 0.4) is 0 Å². The van der Waals surface area contributed by atoms with Gasteiger partial charge >= 0.3 is 0 Å². The molecule has 1 aromatic heterocycles. The lowest BCUT2D eigenvalue weighted by Crippen LogP contribution is -2.32. The smallest absolute Gasteiger partial charge is 0.240 e. The van der Waals surface area contributed by atoms with Crippen molar-refractivity contribution in [2.24, 2.45) is 0 Å². The molecule has 0 spiro atoms. The first-order chi connectivity index (χ1) is 12.5. The van der Waals surface area contributed by atoms with E-state index in [2.05, 4.69) is 15.8 Å². The van der Waals surface area contributed by atoms with Gasteiger partial charge in [-0.2, -0.15) is 0 Å². The van der Waals surface area contributed by atoms with Gasteiger partial charge < -0.3 is 9.72 Å². The van der Waals surface area contributed by atoms with E-state index in [1.165, 1.54) is 10.9 Å². The maximum Gasteiger partial charge on any atom is 0.240 e. The van der Waals surface area contributed by atoms with E-state index in [4.69, 9.17) is 4.74 Å².